The molecule has 0 aliphatic rings. The standard InChI is InChI=1S/C22H48N.FHO3S/c1-5-7-9-11-13-15-17-19-21-23(3,4)22-20-18-16-14-12-10-8-6-2;1-5(2,3)4/h5-22H2,1-4H3;(H,2,3,4)/q+1;/p-1. The van der Waals surface area contributed by atoms with Crippen molar-refractivity contribution in [3.05, 3.63) is 0 Å². The molecule has 0 rings (SSSR count). The lowest BCUT2D eigenvalue weighted by molar-refractivity contribution is -0.890. The van der Waals surface area contributed by atoms with Gasteiger partial charge in [-0.1, -0.05) is 90.9 Å². The summed E-state index contributed by atoms with van der Waals surface area (Å²) in [6.07, 6.45) is 23.0. The molecule has 0 aromatic heterocycles. The van der Waals surface area contributed by atoms with E-state index in [1.165, 1.54) is 120 Å². The molecule has 0 fully saturated rings. The Hall–Kier alpha value is -0.200. The minimum atomic E-state index is -5.42. The van der Waals surface area contributed by atoms with Crippen molar-refractivity contribution in [3.8, 4) is 0 Å². The summed E-state index contributed by atoms with van der Waals surface area (Å²) in [7, 11) is -0.551. The van der Waals surface area contributed by atoms with Gasteiger partial charge in [-0.15, -0.1) is 3.89 Å². The Kier molecular flexibility index (Phi) is 21.5. The lowest BCUT2D eigenvalue weighted by Gasteiger charge is -2.30. The Bertz CT molecular complexity index is 384. The number of unbranched alkanes of at least 4 members (excludes halogenated alkanes) is 14. The van der Waals surface area contributed by atoms with E-state index in [0.29, 0.717) is 0 Å². The molecule has 0 aliphatic heterocycles. The van der Waals surface area contributed by atoms with Gasteiger partial charge in [0.15, 0.2) is 0 Å². The third-order valence-corrected chi connectivity index (χ3v) is 5.23. The van der Waals surface area contributed by atoms with Crippen LogP contribution in [0, 0.1) is 0 Å². The topological polar surface area (TPSA) is 57.2 Å². The summed E-state index contributed by atoms with van der Waals surface area (Å²) in [5, 5.41) is 0. The maximum absolute atomic E-state index is 10.1. The third kappa shape index (κ3) is 33.4. The third-order valence-electron chi connectivity index (χ3n) is 5.23. The monoisotopic (exact) mass is 425 g/mol. The first-order valence-electron chi connectivity index (χ1n) is 11.6. The Labute approximate surface area is 175 Å². The van der Waals surface area contributed by atoms with E-state index in [-0.39, 0.29) is 0 Å². The fraction of sp³-hybridized carbons (Fsp3) is 1.00. The first-order chi connectivity index (χ1) is 13.1. The predicted molar refractivity (Wildman–Crippen MR) is 118 cm³/mol. The lowest BCUT2D eigenvalue weighted by atomic mass is 10.1. The molecule has 4 nitrogen and oxygen atoms in total. The number of halogens is 1. The van der Waals surface area contributed by atoms with Crippen LogP contribution in [0.25, 0.3) is 0 Å². The largest absolute Gasteiger partial charge is 0.722 e. The second-order valence-electron chi connectivity index (χ2n) is 8.73. The van der Waals surface area contributed by atoms with Crippen LogP contribution in [0.2, 0.25) is 0 Å². The zero-order chi connectivity index (χ0) is 21.7. The van der Waals surface area contributed by atoms with Crippen molar-refractivity contribution >= 4 is 10.5 Å². The van der Waals surface area contributed by atoms with Gasteiger partial charge in [0.1, 0.15) is 0 Å². The fourth-order valence-electron chi connectivity index (χ4n) is 3.46. The summed E-state index contributed by atoms with van der Waals surface area (Å²) >= 11 is 0. The lowest BCUT2D eigenvalue weighted by Crippen LogP contribution is -2.41. The molecule has 172 valence electrons. The molecule has 0 bridgehead atoms. The van der Waals surface area contributed by atoms with Crippen LogP contribution in [-0.2, 0) is 10.5 Å². The van der Waals surface area contributed by atoms with Crippen LogP contribution in [-0.4, -0.2) is 44.6 Å². The maximum Gasteiger partial charge on any atom is 0.255 e. The molecule has 0 unspecified atom stereocenters. The number of rotatable bonds is 18. The first-order valence-corrected chi connectivity index (χ1v) is 12.9. The molecule has 28 heavy (non-hydrogen) atoms. The van der Waals surface area contributed by atoms with Gasteiger partial charge in [-0.2, -0.15) is 0 Å². The van der Waals surface area contributed by atoms with E-state index in [1.54, 1.807) is 0 Å². The molecule has 0 N–H and O–H groups in total. The van der Waals surface area contributed by atoms with Gasteiger partial charge >= 0.3 is 0 Å². The van der Waals surface area contributed by atoms with Gasteiger partial charge in [-0.05, 0) is 25.7 Å². The summed E-state index contributed by atoms with van der Waals surface area (Å²) in [6.45, 7) is 7.36. The van der Waals surface area contributed by atoms with E-state index >= 15 is 0 Å². The highest BCUT2D eigenvalue weighted by molar-refractivity contribution is 7.80. The molecule has 0 amide bonds. The zero-order valence-electron chi connectivity index (χ0n) is 19.2. The van der Waals surface area contributed by atoms with Crippen LogP contribution in [0.3, 0.4) is 0 Å². The molecule has 0 heterocycles. The van der Waals surface area contributed by atoms with Crippen LogP contribution >= 0.6 is 0 Å². The second kappa shape index (κ2) is 20.1. The molecule has 0 radical (unpaired) electrons. The molecule has 0 atom stereocenters. The summed E-state index contributed by atoms with van der Waals surface area (Å²) in [5.41, 5.74) is 0. The average molecular weight is 426 g/mol. The summed E-state index contributed by atoms with van der Waals surface area (Å²) < 4.78 is 36.6. The molecular weight excluding hydrogens is 377 g/mol. The summed E-state index contributed by atoms with van der Waals surface area (Å²) in [4.78, 5) is 0. The first kappa shape index (κ1) is 30.0. The predicted octanol–water partition coefficient (Wildman–Crippen LogP) is 6.76. The maximum atomic E-state index is 10.1. The van der Waals surface area contributed by atoms with E-state index in [9.17, 15) is 3.89 Å². The Morgan fingerprint density at radius 1 is 0.607 bits per heavy atom. The Morgan fingerprint density at radius 3 is 1.07 bits per heavy atom. The highest BCUT2D eigenvalue weighted by atomic mass is 32.3. The highest BCUT2D eigenvalue weighted by Gasteiger charge is 2.13. The van der Waals surface area contributed by atoms with Gasteiger partial charge in [0.2, 0.25) is 0 Å². The van der Waals surface area contributed by atoms with Crippen LogP contribution < -0.4 is 0 Å². The molecule has 0 saturated carbocycles. The minimum absolute atomic E-state index is 1.24. The highest BCUT2D eigenvalue weighted by Crippen LogP contribution is 2.13. The molecule has 0 aliphatic carbocycles. The van der Waals surface area contributed by atoms with Crippen molar-refractivity contribution in [2.45, 2.75) is 117 Å². The minimum Gasteiger partial charge on any atom is -0.722 e. The fourth-order valence-corrected chi connectivity index (χ4v) is 3.46. The molecule has 0 aromatic rings. The molecule has 0 saturated heterocycles. The number of hydrogen-bond donors (Lipinski definition) is 0. The van der Waals surface area contributed by atoms with Crippen LogP contribution in [0.15, 0.2) is 0 Å². The summed E-state index contributed by atoms with van der Waals surface area (Å²) in [5.74, 6) is 0. The van der Waals surface area contributed by atoms with Gasteiger partial charge in [0.05, 0.1) is 27.2 Å². The molecule has 6 heteroatoms. The molecular formula is C22H48FNO3S. The van der Waals surface area contributed by atoms with Crippen molar-refractivity contribution in [1.29, 1.82) is 0 Å². The second-order valence-corrected chi connectivity index (χ2v) is 9.51. The van der Waals surface area contributed by atoms with Crippen molar-refractivity contribution < 1.29 is 21.3 Å². The summed E-state index contributed by atoms with van der Waals surface area (Å²) in [6, 6.07) is 0. The number of nitrogens with zero attached hydrogens (tertiary/aromatic N) is 1. The van der Waals surface area contributed by atoms with E-state index < -0.39 is 10.5 Å². The van der Waals surface area contributed by atoms with Gasteiger partial charge in [-0.25, -0.2) is 8.42 Å². The Morgan fingerprint density at radius 2 is 0.821 bits per heavy atom. The normalized spacial score (nSPS) is 11.9. The van der Waals surface area contributed by atoms with E-state index in [0.717, 1.165) is 0 Å². The van der Waals surface area contributed by atoms with Gasteiger partial charge in [-0.3, -0.25) is 0 Å². The van der Waals surface area contributed by atoms with Gasteiger partial charge in [0.25, 0.3) is 10.5 Å². The van der Waals surface area contributed by atoms with Crippen molar-refractivity contribution in [2.24, 2.45) is 0 Å². The Balaban J connectivity index is 0. The van der Waals surface area contributed by atoms with Crippen molar-refractivity contribution in [3.63, 3.8) is 0 Å². The van der Waals surface area contributed by atoms with Crippen LogP contribution in [0.4, 0.5) is 3.89 Å². The molecule has 0 spiro atoms. The van der Waals surface area contributed by atoms with E-state index in [1.807, 2.05) is 0 Å². The molecule has 0 aromatic carbocycles. The van der Waals surface area contributed by atoms with Crippen LogP contribution in [0.5, 0.6) is 0 Å². The van der Waals surface area contributed by atoms with Crippen molar-refractivity contribution in [1.82, 2.24) is 0 Å². The quantitative estimate of drug-likeness (QED) is 0.105. The van der Waals surface area contributed by atoms with Gasteiger partial charge in [0, 0.05) is 0 Å². The van der Waals surface area contributed by atoms with Crippen LogP contribution in [0.1, 0.15) is 117 Å². The van der Waals surface area contributed by atoms with Gasteiger partial charge < -0.3 is 9.04 Å². The van der Waals surface area contributed by atoms with E-state index in [2.05, 4.69) is 27.9 Å². The smallest absolute Gasteiger partial charge is 0.255 e. The average Bonchev–Trinajstić information content (AvgIpc) is 2.58. The number of quaternary nitrogens is 1. The number of hydrogen-bond acceptors (Lipinski definition) is 3. The zero-order valence-corrected chi connectivity index (χ0v) is 20.0. The van der Waals surface area contributed by atoms with Crippen molar-refractivity contribution in [2.75, 3.05) is 27.2 Å². The van der Waals surface area contributed by atoms with E-state index in [4.69, 9.17) is 13.0 Å². The SMILES string of the molecule is CCCCCCCCCC[N+](C)(C)CCCCCCCCCC.O=S(=O)([O-])F.